The summed E-state index contributed by atoms with van der Waals surface area (Å²) in [6, 6.07) is 20.0. The van der Waals surface area contributed by atoms with Crippen molar-refractivity contribution in [3.63, 3.8) is 0 Å². The molecular formula is C21H18F3Sn+. The molecule has 0 atom stereocenters. The van der Waals surface area contributed by atoms with Gasteiger partial charge in [-0.15, -0.1) is 0 Å². The zero-order valence-corrected chi connectivity index (χ0v) is 16.5. The SMILES string of the molecule is Fc1cccc([CH2][Sn+]([CH2]c2cccc(F)c2)[CH2]c2cccc(F)c2)c1. The maximum atomic E-state index is 13.5. The van der Waals surface area contributed by atoms with Crippen LogP contribution in [0.3, 0.4) is 0 Å². The van der Waals surface area contributed by atoms with E-state index in [4.69, 9.17) is 0 Å². The van der Waals surface area contributed by atoms with E-state index in [9.17, 15) is 13.2 Å². The van der Waals surface area contributed by atoms with Crippen LogP contribution in [0.1, 0.15) is 16.7 Å². The topological polar surface area (TPSA) is 0 Å². The summed E-state index contributed by atoms with van der Waals surface area (Å²) in [5.74, 6) is -0.717. The van der Waals surface area contributed by atoms with Gasteiger partial charge in [0.05, 0.1) is 0 Å². The van der Waals surface area contributed by atoms with E-state index in [0.717, 1.165) is 30.0 Å². The first kappa shape index (κ1) is 18.1. The number of hydrogen-bond donors (Lipinski definition) is 0. The van der Waals surface area contributed by atoms with Crippen LogP contribution in [-0.2, 0) is 13.3 Å². The zero-order valence-electron chi connectivity index (χ0n) is 13.7. The molecule has 0 bridgehead atoms. The predicted molar refractivity (Wildman–Crippen MR) is 96.1 cm³/mol. The molecule has 3 aromatic rings. The molecule has 0 radical (unpaired) electrons. The van der Waals surface area contributed by atoms with Crippen molar-refractivity contribution in [3.8, 4) is 0 Å². The van der Waals surface area contributed by atoms with E-state index in [1.807, 2.05) is 18.2 Å². The molecule has 0 saturated carbocycles. The van der Waals surface area contributed by atoms with Crippen molar-refractivity contribution in [2.75, 3.05) is 0 Å². The van der Waals surface area contributed by atoms with Gasteiger partial charge in [-0.05, 0) is 0 Å². The molecule has 3 aromatic carbocycles. The number of halogens is 3. The molecule has 0 N–H and O–H groups in total. The van der Waals surface area contributed by atoms with Gasteiger partial charge in [0.2, 0.25) is 0 Å². The Morgan fingerprint density at radius 2 is 0.840 bits per heavy atom. The van der Waals surface area contributed by atoms with Crippen LogP contribution in [0.5, 0.6) is 0 Å². The third-order valence-corrected chi connectivity index (χ3v) is 11.8. The molecule has 0 amide bonds. The summed E-state index contributed by atoms with van der Waals surface area (Å²) in [6.45, 7) is 0. The van der Waals surface area contributed by atoms with Gasteiger partial charge in [-0.1, -0.05) is 0 Å². The number of rotatable bonds is 6. The minimum absolute atomic E-state index is 0.239. The first-order valence-electron chi connectivity index (χ1n) is 8.15. The number of benzene rings is 3. The van der Waals surface area contributed by atoms with Gasteiger partial charge in [0, 0.05) is 0 Å². The van der Waals surface area contributed by atoms with E-state index in [2.05, 4.69) is 0 Å². The molecule has 0 fully saturated rings. The van der Waals surface area contributed by atoms with Crippen molar-refractivity contribution in [1.29, 1.82) is 0 Å². The van der Waals surface area contributed by atoms with Crippen molar-refractivity contribution in [2.45, 2.75) is 13.3 Å². The normalized spacial score (nSPS) is 10.7. The van der Waals surface area contributed by atoms with Crippen molar-refractivity contribution < 1.29 is 13.2 Å². The van der Waals surface area contributed by atoms with E-state index in [1.165, 1.54) is 18.2 Å². The van der Waals surface area contributed by atoms with Crippen LogP contribution < -0.4 is 0 Å². The molecule has 0 aliphatic rings. The van der Waals surface area contributed by atoms with Gasteiger partial charge in [-0.2, -0.15) is 0 Å². The second-order valence-electron chi connectivity index (χ2n) is 6.17. The minimum atomic E-state index is -2.14. The fourth-order valence-corrected chi connectivity index (χ4v) is 10.9. The molecule has 4 heteroatoms. The molecule has 0 aromatic heterocycles. The Labute approximate surface area is 153 Å². The van der Waals surface area contributed by atoms with Crippen LogP contribution >= 0.6 is 0 Å². The average Bonchev–Trinajstić information content (AvgIpc) is 2.55. The van der Waals surface area contributed by atoms with E-state index < -0.39 is 19.8 Å². The molecule has 3 rings (SSSR count). The molecule has 0 aliphatic carbocycles. The predicted octanol–water partition coefficient (Wildman–Crippen LogP) is 5.24. The van der Waals surface area contributed by atoms with Crippen molar-refractivity contribution in [2.24, 2.45) is 0 Å². The number of hydrogen-bond acceptors (Lipinski definition) is 0. The summed E-state index contributed by atoms with van der Waals surface area (Å²) in [6.07, 6.45) is 0. The van der Waals surface area contributed by atoms with Crippen LogP contribution in [0.4, 0.5) is 13.2 Å². The molecule has 0 spiro atoms. The van der Waals surface area contributed by atoms with Gasteiger partial charge < -0.3 is 0 Å². The summed E-state index contributed by atoms with van der Waals surface area (Å²) in [5.41, 5.74) is 2.92. The van der Waals surface area contributed by atoms with Crippen LogP contribution in [0.25, 0.3) is 0 Å². The van der Waals surface area contributed by atoms with E-state index in [0.29, 0.717) is 0 Å². The zero-order chi connectivity index (χ0) is 17.6. The van der Waals surface area contributed by atoms with Crippen LogP contribution in [0.15, 0.2) is 72.8 Å². The Hall–Kier alpha value is -1.75. The van der Waals surface area contributed by atoms with Crippen molar-refractivity contribution >= 4 is 19.8 Å². The Bertz CT molecular complexity index is 735. The van der Waals surface area contributed by atoms with Crippen LogP contribution in [-0.4, -0.2) is 19.8 Å². The van der Waals surface area contributed by atoms with Crippen molar-refractivity contribution in [1.82, 2.24) is 0 Å². The van der Waals surface area contributed by atoms with Gasteiger partial charge >= 0.3 is 153 Å². The summed E-state index contributed by atoms with van der Waals surface area (Å²) >= 11 is -2.14. The fraction of sp³-hybridized carbons (Fsp3) is 0.143. The Kier molecular flexibility index (Phi) is 6.18. The maximum absolute atomic E-state index is 13.5. The standard InChI is InChI=1S/3C7H6F.Sn/c3*1-6-3-2-4-7(8)5-6;/h3*2-5H,1H2;/q;;;+1. The first-order valence-corrected chi connectivity index (χ1v) is 14.2. The Balaban J connectivity index is 1.82. The van der Waals surface area contributed by atoms with Crippen molar-refractivity contribution in [3.05, 3.63) is 107 Å². The Morgan fingerprint density at radius 1 is 0.520 bits per heavy atom. The van der Waals surface area contributed by atoms with Gasteiger partial charge in [0.1, 0.15) is 0 Å². The average molecular weight is 446 g/mol. The first-order chi connectivity index (χ1) is 12.1. The molecule has 0 nitrogen and oxygen atoms in total. The molecule has 0 unspecified atom stereocenters. The molecule has 25 heavy (non-hydrogen) atoms. The summed E-state index contributed by atoms with van der Waals surface area (Å²) in [7, 11) is 0. The van der Waals surface area contributed by atoms with Gasteiger partial charge in [0.15, 0.2) is 0 Å². The third kappa shape index (κ3) is 5.63. The van der Waals surface area contributed by atoms with Gasteiger partial charge in [0.25, 0.3) is 0 Å². The third-order valence-electron chi connectivity index (χ3n) is 4.03. The monoisotopic (exact) mass is 447 g/mol. The molecule has 126 valence electrons. The molecule has 0 aliphatic heterocycles. The van der Waals surface area contributed by atoms with Crippen LogP contribution in [0, 0.1) is 17.5 Å². The van der Waals surface area contributed by atoms with Gasteiger partial charge in [-0.25, -0.2) is 0 Å². The van der Waals surface area contributed by atoms with Crippen LogP contribution in [0.2, 0.25) is 0 Å². The van der Waals surface area contributed by atoms with E-state index in [1.54, 1.807) is 36.4 Å². The molecule has 0 saturated heterocycles. The summed E-state index contributed by atoms with van der Waals surface area (Å²) in [5, 5.41) is 0. The van der Waals surface area contributed by atoms with E-state index >= 15 is 0 Å². The summed E-state index contributed by atoms with van der Waals surface area (Å²) in [4.78, 5) is 0. The molecular weight excluding hydrogens is 428 g/mol. The second-order valence-corrected chi connectivity index (χ2v) is 13.5. The Morgan fingerprint density at radius 3 is 1.12 bits per heavy atom. The summed E-state index contributed by atoms with van der Waals surface area (Å²) < 4.78 is 43.0. The van der Waals surface area contributed by atoms with E-state index in [-0.39, 0.29) is 17.5 Å². The molecule has 0 heterocycles. The quantitative estimate of drug-likeness (QED) is 0.455. The fourth-order valence-electron chi connectivity index (χ4n) is 2.99. The van der Waals surface area contributed by atoms with Gasteiger partial charge in [-0.3, -0.25) is 0 Å². The second kappa shape index (κ2) is 8.56.